The lowest BCUT2D eigenvalue weighted by Crippen LogP contribution is -2.19. The topological polar surface area (TPSA) is 72.3 Å². The Hall–Kier alpha value is -3.93. The Labute approximate surface area is 174 Å². The SMILES string of the molecule is COc1ccc(-c2[nH]n(-c3ccccc3)c(=O)c2/C(C)=N/c2ncccc2C)cc1. The second-order valence-corrected chi connectivity index (χ2v) is 6.91. The summed E-state index contributed by atoms with van der Waals surface area (Å²) in [6, 6.07) is 20.9. The van der Waals surface area contributed by atoms with Gasteiger partial charge in [-0.3, -0.25) is 9.89 Å². The van der Waals surface area contributed by atoms with Crippen molar-refractivity contribution in [3.63, 3.8) is 0 Å². The molecule has 0 radical (unpaired) electrons. The number of nitrogens with one attached hydrogen (secondary N) is 1. The normalized spacial score (nSPS) is 11.5. The van der Waals surface area contributed by atoms with Crippen LogP contribution in [0.15, 0.2) is 82.7 Å². The monoisotopic (exact) mass is 398 g/mol. The van der Waals surface area contributed by atoms with Gasteiger partial charge in [0.05, 0.1) is 29.8 Å². The molecule has 0 spiro atoms. The van der Waals surface area contributed by atoms with E-state index >= 15 is 0 Å². The average molecular weight is 398 g/mol. The molecule has 2 aromatic heterocycles. The van der Waals surface area contributed by atoms with Crippen molar-refractivity contribution in [2.45, 2.75) is 13.8 Å². The summed E-state index contributed by atoms with van der Waals surface area (Å²) in [5, 5.41) is 3.26. The highest BCUT2D eigenvalue weighted by Crippen LogP contribution is 2.25. The highest BCUT2D eigenvalue weighted by molar-refractivity contribution is 6.04. The minimum absolute atomic E-state index is 0.165. The summed E-state index contributed by atoms with van der Waals surface area (Å²) in [5.74, 6) is 1.35. The third-order valence-corrected chi connectivity index (χ3v) is 4.90. The third kappa shape index (κ3) is 3.67. The highest BCUT2D eigenvalue weighted by atomic mass is 16.5. The Kier molecular flexibility index (Phi) is 5.30. The zero-order valence-corrected chi connectivity index (χ0v) is 17.1. The van der Waals surface area contributed by atoms with Crippen LogP contribution in [0.3, 0.4) is 0 Å². The van der Waals surface area contributed by atoms with Crippen LogP contribution in [0, 0.1) is 6.92 Å². The predicted molar refractivity (Wildman–Crippen MR) is 119 cm³/mol. The number of rotatable bonds is 5. The largest absolute Gasteiger partial charge is 0.497 e. The lowest BCUT2D eigenvalue weighted by molar-refractivity contribution is 0.415. The number of aromatic nitrogens is 3. The van der Waals surface area contributed by atoms with Crippen molar-refractivity contribution >= 4 is 11.5 Å². The zero-order valence-electron chi connectivity index (χ0n) is 17.1. The van der Waals surface area contributed by atoms with Crippen molar-refractivity contribution < 1.29 is 4.74 Å². The summed E-state index contributed by atoms with van der Waals surface area (Å²) in [7, 11) is 1.63. The quantitative estimate of drug-likeness (QED) is 0.496. The van der Waals surface area contributed by atoms with Gasteiger partial charge >= 0.3 is 0 Å². The Morgan fingerprint density at radius 2 is 1.77 bits per heavy atom. The van der Waals surface area contributed by atoms with Gasteiger partial charge in [-0.25, -0.2) is 14.7 Å². The van der Waals surface area contributed by atoms with Crippen molar-refractivity contribution in [2.75, 3.05) is 7.11 Å². The molecule has 30 heavy (non-hydrogen) atoms. The fourth-order valence-electron chi connectivity index (χ4n) is 3.31. The number of hydrogen-bond acceptors (Lipinski definition) is 4. The number of pyridine rings is 1. The first-order valence-electron chi connectivity index (χ1n) is 9.60. The minimum atomic E-state index is -0.165. The summed E-state index contributed by atoms with van der Waals surface area (Å²) in [6.07, 6.45) is 1.70. The fraction of sp³-hybridized carbons (Fsp3) is 0.125. The summed E-state index contributed by atoms with van der Waals surface area (Å²) >= 11 is 0. The van der Waals surface area contributed by atoms with E-state index < -0.39 is 0 Å². The maximum absolute atomic E-state index is 13.4. The summed E-state index contributed by atoms with van der Waals surface area (Å²) < 4.78 is 6.80. The molecule has 6 nitrogen and oxygen atoms in total. The first kappa shape index (κ1) is 19.4. The van der Waals surface area contributed by atoms with Crippen LogP contribution in [0.25, 0.3) is 16.9 Å². The van der Waals surface area contributed by atoms with Gasteiger partial charge in [-0.05, 0) is 61.9 Å². The molecule has 0 saturated heterocycles. The first-order valence-corrected chi connectivity index (χ1v) is 9.60. The Balaban J connectivity index is 1.92. The summed E-state index contributed by atoms with van der Waals surface area (Å²) in [6.45, 7) is 3.78. The van der Waals surface area contributed by atoms with E-state index in [4.69, 9.17) is 4.74 Å². The molecule has 0 amide bonds. The van der Waals surface area contributed by atoms with Crippen molar-refractivity contribution in [3.05, 3.63) is 94.4 Å². The molecule has 6 heteroatoms. The number of methoxy groups -OCH3 is 1. The second kappa shape index (κ2) is 8.21. The molecule has 0 atom stereocenters. The molecule has 1 N–H and O–H groups in total. The van der Waals surface area contributed by atoms with Crippen molar-refractivity contribution in [1.82, 2.24) is 14.8 Å². The van der Waals surface area contributed by atoms with E-state index in [0.717, 1.165) is 22.6 Å². The molecule has 0 aliphatic rings. The van der Waals surface area contributed by atoms with Gasteiger partial charge in [0.1, 0.15) is 5.75 Å². The molecule has 2 heterocycles. The van der Waals surface area contributed by atoms with Gasteiger partial charge < -0.3 is 4.74 Å². The predicted octanol–water partition coefficient (Wildman–Crippen LogP) is 4.69. The molecule has 2 aromatic carbocycles. The molecule has 0 fully saturated rings. The summed E-state index contributed by atoms with van der Waals surface area (Å²) in [4.78, 5) is 22.4. The van der Waals surface area contributed by atoms with Crippen LogP contribution in [0.2, 0.25) is 0 Å². The van der Waals surface area contributed by atoms with E-state index in [2.05, 4.69) is 15.1 Å². The van der Waals surface area contributed by atoms with E-state index in [1.165, 1.54) is 0 Å². The van der Waals surface area contributed by atoms with E-state index in [0.29, 0.717) is 22.8 Å². The highest BCUT2D eigenvalue weighted by Gasteiger charge is 2.19. The Morgan fingerprint density at radius 1 is 1.03 bits per heavy atom. The maximum Gasteiger partial charge on any atom is 0.280 e. The number of aromatic amines is 1. The van der Waals surface area contributed by atoms with E-state index in [-0.39, 0.29) is 5.56 Å². The number of ether oxygens (including phenoxy) is 1. The lowest BCUT2D eigenvalue weighted by atomic mass is 10.0. The molecule has 4 aromatic rings. The number of para-hydroxylation sites is 1. The molecular formula is C24H22N4O2. The molecule has 0 aliphatic heterocycles. The zero-order chi connectivity index (χ0) is 21.1. The molecule has 4 rings (SSSR count). The molecule has 0 unspecified atom stereocenters. The van der Waals surface area contributed by atoms with Crippen LogP contribution in [0.1, 0.15) is 18.1 Å². The maximum atomic E-state index is 13.4. The second-order valence-electron chi connectivity index (χ2n) is 6.91. The standard InChI is InChI=1S/C24H22N4O2/c1-16-8-7-15-25-23(16)26-17(2)21-22(18-11-13-20(30-3)14-12-18)27-28(24(21)29)19-9-5-4-6-10-19/h4-15,27H,1-3H3/b26-17+. The van der Waals surface area contributed by atoms with Gasteiger partial charge in [0.15, 0.2) is 5.82 Å². The third-order valence-electron chi connectivity index (χ3n) is 4.90. The van der Waals surface area contributed by atoms with Crippen LogP contribution in [-0.4, -0.2) is 27.6 Å². The summed E-state index contributed by atoms with van der Waals surface area (Å²) in [5.41, 5.74) is 4.20. The Morgan fingerprint density at radius 3 is 2.43 bits per heavy atom. The van der Waals surface area contributed by atoms with E-state index in [1.807, 2.05) is 80.6 Å². The van der Waals surface area contributed by atoms with Gasteiger partial charge in [0.25, 0.3) is 5.56 Å². The smallest absolute Gasteiger partial charge is 0.280 e. The minimum Gasteiger partial charge on any atom is -0.497 e. The van der Waals surface area contributed by atoms with Crippen LogP contribution < -0.4 is 10.3 Å². The van der Waals surface area contributed by atoms with Crippen molar-refractivity contribution in [1.29, 1.82) is 0 Å². The first-order chi connectivity index (χ1) is 14.6. The molecule has 150 valence electrons. The number of benzene rings is 2. The van der Waals surface area contributed by atoms with Gasteiger partial charge in [-0.2, -0.15) is 0 Å². The van der Waals surface area contributed by atoms with Crippen molar-refractivity contribution in [2.24, 2.45) is 4.99 Å². The van der Waals surface area contributed by atoms with E-state index in [1.54, 1.807) is 18.0 Å². The molecular weight excluding hydrogens is 376 g/mol. The molecule has 0 saturated carbocycles. The molecule has 0 aliphatic carbocycles. The van der Waals surface area contributed by atoms with Gasteiger partial charge in [0.2, 0.25) is 0 Å². The fourth-order valence-corrected chi connectivity index (χ4v) is 3.31. The van der Waals surface area contributed by atoms with Gasteiger partial charge in [-0.15, -0.1) is 0 Å². The van der Waals surface area contributed by atoms with E-state index in [9.17, 15) is 4.79 Å². The number of H-pyrrole nitrogens is 1. The number of hydrogen-bond donors (Lipinski definition) is 1. The average Bonchev–Trinajstić information content (AvgIpc) is 3.13. The van der Waals surface area contributed by atoms with Crippen LogP contribution >= 0.6 is 0 Å². The lowest BCUT2D eigenvalue weighted by Gasteiger charge is -2.05. The molecule has 0 bridgehead atoms. The number of aryl methyl sites for hydroxylation is 1. The Bertz CT molecular complexity index is 1250. The van der Waals surface area contributed by atoms with Crippen LogP contribution in [-0.2, 0) is 0 Å². The number of nitrogens with zero attached hydrogens (tertiary/aromatic N) is 3. The number of aliphatic imine (C=N–C) groups is 1. The van der Waals surface area contributed by atoms with Crippen molar-refractivity contribution in [3.8, 4) is 22.7 Å². The van der Waals surface area contributed by atoms with Crippen LogP contribution in [0.4, 0.5) is 5.82 Å². The van der Waals surface area contributed by atoms with Crippen LogP contribution in [0.5, 0.6) is 5.75 Å². The van der Waals surface area contributed by atoms with Gasteiger partial charge in [-0.1, -0.05) is 24.3 Å². The van der Waals surface area contributed by atoms with Gasteiger partial charge in [0, 0.05) is 11.8 Å².